The van der Waals surface area contributed by atoms with E-state index in [0.717, 1.165) is 23.1 Å². The summed E-state index contributed by atoms with van der Waals surface area (Å²) in [5.41, 5.74) is 4.26. The molecule has 168 valence electrons. The van der Waals surface area contributed by atoms with E-state index in [4.69, 9.17) is 4.42 Å². The second kappa shape index (κ2) is 8.90. The second-order valence-electron chi connectivity index (χ2n) is 8.02. The number of nitrogens with one attached hydrogen (secondary N) is 1. The number of furan rings is 1. The van der Waals surface area contributed by atoms with Crippen LogP contribution in [0.2, 0.25) is 0 Å². The molecule has 0 aliphatic carbocycles. The summed E-state index contributed by atoms with van der Waals surface area (Å²) in [6.45, 7) is 4.17. The Balaban J connectivity index is 2.04. The maximum absolute atomic E-state index is 13.5. The van der Waals surface area contributed by atoms with E-state index < -0.39 is 5.97 Å². The summed E-state index contributed by atoms with van der Waals surface area (Å²) < 4.78 is 19.7. The molecule has 1 unspecified atom stereocenters. The van der Waals surface area contributed by atoms with Crippen molar-refractivity contribution in [1.29, 1.82) is 0 Å². The number of aromatic carboxylic acids is 1. The lowest BCUT2D eigenvalue weighted by atomic mass is 9.88. The van der Waals surface area contributed by atoms with Gasteiger partial charge in [0, 0.05) is 18.0 Å². The van der Waals surface area contributed by atoms with E-state index in [0.29, 0.717) is 27.9 Å². The molecule has 0 aliphatic rings. The van der Waals surface area contributed by atoms with Crippen molar-refractivity contribution in [3.8, 4) is 22.5 Å². The Bertz CT molecular complexity index is 1350. The molecule has 0 saturated heterocycles. The first kappa shape index (κ1) is 22.3. The van der Waals surface area contributed by atoms with E-state index >= 15 is 0 Å². The molecule has 0 bridgehead atoms. The minimum absolute atomic E-state index is 0.167. The average molecular weight is 445 g/mol. The lowest BCUT2D eigenvalue weighted by Gasteiger charge is -2.16. The molecule has 0 radical (unpaired) electrons. The van der Waals surface area contributed by atoms with Crippen LogP contribution < -0.4 is 5.32 Å². The lowest BCUT2D eigenvalue weighted by Crippen LogP contribution is -2.18. The third-order valence-electron chi connectivity index (χ3n) is 5.98. The molecule has 0 fully saturated rings. The zero-order valence-corrected chi connectivity index (χ0v) is 18.6. The van der Waals surface area contributed by atoms with Crippen LogP contribution in [-0.2, 0) is 0 Å². The number of halogens is 1. The van der Waals surface area contributed by atoms with Crippen LogP contribution in [0.25, 0.3) is 33.4 Å². The molecular weight excluding hydrogens is 421 g/mol. The first-order valence-electron chi connectivity index (χ1n) is 10.8. The first-order chi connectivity index (χ1) is 15.8. The molecule has 0 aliphatic heterocycles. The van der Waals surface area contributed by atoms with Gasteiger partial charge >= 0.3 is 5.97 Å². The summed E-state index contributed by atoms with van der Waals surface area (Å²) in [7, 11) is 1.54. The van der Waals surface area contributed by atoms with Crippen LogP contribution in [0.15, 0.2) is 65.1 Å². The van der Waals surface area contributed by atoms with Crippen LogP contribution in [0.3, 0.4) is 0 Å². The average Bonchev–Trinajstić information content (AvgIpc) is 3.21. The van der Waals surface area contributed by atoms with E-state index in [2.05, 4.69) is 19.2 Å². The SMILES string of the molecule is CCC(C)c1cc2oc(-c3ccc(F)cc3)c(C(=O)NC)c2cc1-c1cccc(C(=O)O)c1. The summed E-state index contributed by atoms with van der Waals surface area (Å²) in [4.78, 5) is 24.4. The van der Waals surface area contributed by atoms with Gasteiger partial charge in [0.05, 0.1) is 11.1 Å². The predicted octanol–water partition coefficient (Wildman–Crippen LogP) is 6.48. The molecule has 5 nitrogen and oxygen atoms in total. The Hall–Kier alpha value is -3.93. The number of amides is 1. The lowest BCUT2D eigenvalue weighted by molar-refractivity contribution is 0.0696. The van der Waals surface area contributed by atoms with Gasteiger partial charge in [-0.15, -0.1) is 0 Å². The van der Waals surface area contributed by atoms with Gasteiger partial charge in [-0.2, -0.15) is 0 Å². The standard InChI is InChI=1S/C27H24FNO4/c1-4-15(2)20-14-23-22(13-21(20)17-6-5-7-18(12-17)27(31)32)24(26(30)29-3)25(33-23)16-8-10-19(28)11-9-16/h5-15H,4H2,1-3H3,(H,29,30)(H,31,32). The molecule has 0 spiro atoms. The van der Waals surface area contributed by atoms with E-state index in [9.17, 15) is 19.1 Å². The van der Waals surface area contributed by atoms with Crippen molar-refractivity contribution in [3.05, 3.63) is 83.2 Å². The largest absolute Gasteiger partial charge is 0.478 e. The van der Waals surface area contributed by atoms with Crippen molar-refractivity contribution in [2.75, 3.05) is 7.05 Å². The van der Waals surface area contributed by atoms with E-state index in [-0.39, 0.29) is 23.2 Å². The number of hydrogen-bond donors (Lipinski definition) is 2. The Morgan fingerprint density at radius 2 is 1.79 bits per heavy atom. The van der Waals surface area contributed by atoms with Crippen molar-refractivity contribution in [2.24, 2.45) is 0 Å². The number of carbonyl (C=O) groups is 2. The molecule has 2 N–H and O–H groups in total. The van der Waals surface area contributed by atoms with Gasteiger partial charge in [0.2, 0.25) is 0 Å². The van der Waals surface area contributed by atoms with Gasteiger partial charge in [-0.05, 0) is 77.6 Å². The zero-order valence-electron chi connectivity index (χ0n) is 18.6. The van der Waals surface area contributed by atoms with Gasteiger partial charge in [0.25, 0.3) is 5.91 Å². The van der Waals surface area contributed by atoms with Gasteiger partial charge < -0.3 is 14.8 Å². The Kier molecular flexibility index (Phi) is 6.01. The fourth-order valence-electron chi connectivity index (χ4n) is 4.01. The number of rotatable bonds is 6. The van der Waals surface area contributed by atoms with Gasteiger partial charge in [0.15, 0.2) is 0 Å². The maximum atomic E-state index is 13.5. The smallest absolute Gasteiger partial charge is 0.335 e. The highest BCUT2D eigenvalue weighted by Gasteiger charge is 2.24. The van der Waals surface area contributed by atoms with Crippen LogP contribution in [0.4, 0.5) is 4.39 Å². The van der Waals surface area contributed by atoms with Gasteiger partial charge in [-0.25, -0.2) is 9.18 Å². The number of hydrogen-bond acceptors (Lipinski definition) is 3. The first-order valence-corrected chi connectivity index (χ1v) is 10.8. The monoisotopic (exact) mass is 445 g/mol. The number of fused-ring (bicyclic) bond motifs is 1. The van der Waals surface area contributed by atoms with Crippen molar-refractivity contribution in [2.45, 2.75) is 26.2 Å². The molecule has 3 aromatic carbocycles. The maximum Gasteiger partial charge on any atom is 0.335 e. The number of carboxylic acid groups (broad SMARTS) is 1. The highest BCUT2D eigenvalue weighted by atomic mass is 19.1. The van der Waals surface area contributed by atoms with E-state index in [1.165, 1.54) is 12.1 Å². The predicted molar refractivity (Wildman–Crippen MR) is 126 cm³/mol. The quantitative estimate of drug-likeness (QED) is 0.356. The highest BCUT2D eigenvalue weighted by Crippen LogP contribution is 2.40. The number of benzene rings is 3. The Morgan fingerprint density at radius 3 is 2.42 bits per heavy atom. The van der Waals surface area contributed by atoms with Crippen LogP contribution >= 0.6 is 0 Å². The molecular formula is C27H24FNO4. The number of carbonyl (C=O) groups excluding carboxylic acids is 1. The van der Waals surface area contributed by atoms with E-state index in [1.807, 2.05) is 18.2 Å². The molecule has 0 saturated carbocycles. The Labute approximate surface area is 190 Å². The molecule has 4 rings (SSSR count). The molecule has 4 aromatic rings. The summed E-state index contributed by atoms with van der Waals surface area (Å²) in [6, 6.07) is 16.4. The van der Waals surface area contributed by atoms with Crippen LogP contribution in [0, 0.1) is 5.82 Å². The second-order valence-corrected chi connectivity index (χ2v) is 8.02. The van der Waals surface area contributed by atoms with Crippen LogP contribution in [-0.4, -0.2) is 24.0 Å². The number of carboxylic acids is 1. The van der Waals surface area contributed by atoms with Crippen molar-refractivity contribution < 1.29 is 23.5 Å². The summed E-state index contributed by atoms with van der Waals surface area (Å²) in [5.74, 6) is -1.18. The molecule has 1 amide bonds. The molecule has 1 aromatic heterocycles. The minimum atomic E-state index is -1.00. The zero-order chi connectivity index (χ0) is 23.7. The van der Waals surface area contributed by atoms with Crippen LogP contribution in [0.5, 0.6) is 0 Å². The van der Waals surface area contributed by atoms with E-state index in [1.54, 1.807) is 37.4 Å². The van der Waals surface area contributed by atoms with Crippen LogP contribution in [0.1, 0.15) is 52.5 Å². The van der Waals surface area contributed by atoms with Gasteiger partial charge in [-0.1, -0.05) is 26.0 Å². The molecule has 6 heteroatoms. The summed E-state index contributed by atoms with van der Waals surface area (Å²) in [5, 5.41) is 12.7. The highest BCUT2D eigenvalue weighted by molar-refractivity contribution is 6.12. The van der Waals surface area contributed by atoms with Crippen molar-refractivity contribution in [1.82, 2.24) is 5.32 Å². The normalized spacial score (nSPS) is 12.0. The topological polar surface area (TPSA) is 79.5 Å². The fraction of sp³-hybridized carbons (Fsp3) is 0.185. The summed E-state index contributed by atoms with van der Waals surface area (Å²) >= 11 is 0. The summed E-state index contributed by atoms with van der Waals surface area (Å²) in [6.07, 6.45) is 0.866. The third kappa shape index (κ3) is 4.12. The molecule has 1 atom stereocenters. The Morgan fingerprint density at radius 1 is 1.06 bits per heavy atom. The van der Waals surface area contributed by atoms with Crippen molar-refractivity contribution >= 4 is 22.8 Å². The van der Waals surface area contributed by atoms with Gasteiger partial charge in [-0.3, -0.25) is 4.79 Å². The molecule has 1 heterocycles. The molecule has 33 heavy (non-hydrogen) atoms. The van der Waals surface area contributed by atoms with Crippen molar-refractivity contribution in [3.63, 3.8) is 0 Å². The van der Waals surface area contributed by atoms with Gasteiger partial charge in [0.1, 0.15) is 17.2 Å². The minimum Gasteiger partial charge on any atom is -0.478 e. The fourth-order valence-corrected chi connectivity index (χ4v) is 4.01. The third-order valence-corrected chi connectivity index (χ3v) is 5.98.